The number of benzene rings is 1. The van der Waals surface area contributed by atoms with Crippen LogP contribution in [0.4, 0.5) is 4.79 Å². The molecule has 0 spiro atoms. The summed E-state index contributed by atoms with van der Waals surface area (Å²) in [6, 6.07) is 4.96. The van der Waals surface area contributed by atoms with Gasteiger partial charge in [0.15, 0.2) is 6.23 Å². The van der Waals surface area contributed by atoms with Crippen molar-refractivity contribution in [2.75, 3.05) is 0 Å². The van der Waals surface area contributed by atoms with Gasteiger partial charge >= 0.3 is 6.09 Å². The van der Waals surface area contributed by atoms with Crippen molar-refractivity contribution >= 4 is 29.3 Å². The van der Waals surface area contributed by atoms with Gasteiger partial charge in [-0.2, -0.15) is 5.43 Å². The Labute approximate surface area is 90.1 Å². The molecule has 1 aliphatic rings. The molecule has 0 bridgehead atoms. The molecule has 0 aromatic heterocycles. The molecule has 2 rings (SSSR count). The van der Waals surface area contributed by atoms with Gasteiger partial charge in [0.25, 0.3) is 0 Å². The third-order valence-corrected chi connectivity index (χ3v) is 2.34. The second-order valence-corrected chi connectivity index (χ2v) is 3.56. The SMILES string of the molecule is O=C1NNC(c2ccc(Cl)cc2Cl)O1. The van der Waals surface area contributed by atoms with Crippen LogP contribution in [0.15, 0.2) is 18.2 Å². The molecule has 1 atom stereocenters. The number of halogens is 2. The molecule has 1 aromatic rings. The van der Waals surface area contributed by atoms with Crippen LogP contribution in [0.3, 0.4) is 0 Å². The maximum atomic E-state index is 10.7. The summed E-state index contributed by atoms with van der Waals surface area (Å²) in [7, 11) is 0. The van der Waals surface area contributed by atoms with Crippen LogP contribution in [-0.2, 0) is 4.74 Å². The lowest BCUT2D eigenvalue weighted by Gasteiger charge is -2.09. The number of amides is 1. The van der Waals surface area contributed by atoms with Gasteiger partial charge in [0.2, 0.25) is 0 Å². The fourth-order valence-corrected chi connectivity index (χ4v) is 1.65. The minimum atomic E-state index is -0.563. The van der Waals surface area contributed by atoms with Crippen LogP contribution in [0.2, 0.25) is 10.0 Å². The Kier molecular flexibility index (Phi) is 2.50. The van der Waals surface area contributed by atoms with Crippen molar-refractivity contribution in [3.8, 4) is 0 Å². The van der Waals surface area contributed by atoms with E-state index in [9.17, 15) is 4.79 Å². The molecule has 1 aromatic carbocycles. The molecule has 0 radical (unpaired) electrons. The molecule has 1 fully saturated rings. The van der Waals surface area contributed by atoms with Gasteiger partial charge < -0.3 is 4.74 Å². The minimum Gasteiger partial charge on any atom is -0.423 e. The highest BCUT2D eigenvalue weighted by molar-refractivity contribution is 6.35. The lowest BCUT2D eigenvalue weighted by Crippen LogP contribution is -2.26. The Hall–Kier alpha value is -0.970. The van der Waals surface area contributed by atoms with Crippen LogP contribution in [0.1, 0.15) is 11.8 Å². The predicted octanol–water partition coefficient (Wildman–Crippen LogP) is 2.24. The third-order valence-electron chi connectivity index (χ3n) is 1.78. The molecule has 1 heterocycles. The summed E-state index contributed by atoms with van der Waals surface area (Å²) >= 11 is 11.6. The van der Waals surface area contributed by atoms with E-state index in [1.165, 1.54) is 0 Å². The lowest BCUT2D eigenvalue weighted by atomic mass is 10.2. The molecule has 1 aliphatic heterocycles. The molecule has 14 heavy (non-hydrogen) atoms. The second-order valence-electron chi connectivity index (χ2n) is 2.72. The highest BCUT2D eigenvalue weighted by Crippen LogP contribution is 2.27. The maximum absolute atomic E-state index is 10.7. The zero-order chi connectivity index (χ0) is 10.1. The molecule has 0 saturated carbocycles. The van der Waals surface area contributed by atoms with E-state index in [1.54, 1.807) is 18.2 Å². The normalized spacial score (nSPS) is 20.4. The number of ether oxygens (including phenoxy) is 1. The fourth-order valence-electron chi connectivity index (χ4n) is 1.15. The molecule has 0 aliphatic carbocycles. The summed E-state index contributed by atoms with van der Waals surface area (Å²) in [5.41, 5.74) is 5.60. The first-order chi connectivity index (χ1) is 6.66. The van der Waals surface area contributed by atoms with Crippen molar-refractivity contribution in [2.45, 2.75) is 6.23 Å². The van der Waals surface area contributed by atoms with Crippen molar-refractivity contribution in [1.29, 1.82) is 0 Å². The average molecular weight is 233 g/mol. The van der Waals surface area contributed by atoms with E-state index in [4.69, 9.17) is 27.9 Å². The van der Waals surface area contributed by atoms with E-state index < -0.39 is 12.3 Å². The number of cyclic esters (lactones) is 1. The first-order valence-corrected chi connectivity index (χ1v) is 4.59. The number of nitrogens with one attached hydrogen (secondary N) is 2. The van der Waals surface area contributed by atoms with Crippen LogP contribution in [0, 0.1) is 0 Å². The zero-order valence-corrected chi connectivity index (χ0v) is 8.39. The third kappa shape index (κ3) is 1.77. The Morgan fingerprint density at radius 1 is 1.36 bits per heavy atom. The largest absolute Gasteiger partial charge is 0.423 e. The van der Waals surface area contributed by atoms with E-state index in [-0.39, 0.29) is 0 Å². The first kappa shape index (κ1) is 9.58. The summed E-state index contributed by atoms with van der Waals surface area (Å²) in [6.45, 7) is 0. The lowest BCUT2D eigenvalue weighted by molar-refractivity contribution is 0.130. The number of carbonyl (C=O) groups is 1. The van der Waals surface area contributed by atoms with Gasteiger partial charge in [0, 0.05) is 10.6 Å². The first-order valence-electron chi connectivity index (χ1n) is 3.84. The second kappa shape index (κ2) is 3.65. The molecule has 6 heteroatoms. The molecule has 4 nitrogen and oxygen atoms in total. The zero-order valence-electron chi connectivity index (χ0n) is 6.88. The summed E-state index contributed by atoms with van der Waals surface area (Å²) < 4.78 is 4.88. The number of hydrazine groups is 1. The van der Waals surface area contributed by atoms with Crippen LogP contribution >= 0.6 is 23.2 Å². The quantitative estimate of drug-likeness (QED) is 0.781. The van der Waals surface area contributed by atoms with Crippen LogP contribution in [0.5, 0.6) is 0 Å². The van der Waals surface area contributed by atoms with Crippen LogP contribution in [-0.4, -0.2) is 6.09 Å². The van der Waals surface area contributed by atoms with Gasteiger partial charge in [-0.1, -0.05) is 29.3 Å². The summed E-state index contributed by atoms with van der Waals surface area (Å²) in [4.78, 5) is 10.7. The molecular weight excluding hydrogens is 227 g/mol. The minimum absolute atomic E-state index is 0.450. The van der Waals surface area contributed by atoms with E-state index in [2.05, 4.69) is 10.9 Å². The maximum Gasteiger partial charge on any atom is 0.423 e. The van der Waals surface area contributed by atoms with Gasteiger partial charge in [0.1, 0.15) is 0 Å². The number of rotatable bonds is 1. The topological polar surface area (TPSA) is 50.4 Å². The Morgan fingerprint density at radius 2 is 2.14 bits per heavy atom. The molecule has 1 saturated heterocycles. The van der Waals surface area contributed by atoms with Crippen molar-refractivity contribution in [2.24, 2.45) is 0 Å². The Bertz CT molecular complexity index is 384. The molecule has 1 amide bonds. The average Bonchev–Trinajstić information content (AvgIpc) is 2.51. The smallest absolute Gasteiger partial charge is 0.423 e. The van der Waals surface area contributed by atoms with Crippen molar-refractivity contribution in [3.05, 3.63) is 33.8 Å². The highest BCUT2D eigenvalue weighted by Gasteiger charge is 2.25. The van der Waals surface area contributed by atoms with Crippen LogP contribution in [0.25, 0.3) is 0 Å². The van der Waals surface area contributed by atoms with Crippen molar-refractivity contribution in [1.82, 2.24) is 10.9 Å². The predicted molar refractivity (Wildman–Crippen MR) is 52.0 cm³/mol. The van der Waals surface area contributed by atoms with E-state index in [0.29, 0.717) is 15.6 Å². The Morgan fingerprint density at radius 3 is 2.71 bits per heavy atom. The van der Waals surface area contributed by atoms with Crippen molar-refractivity contribution in [3.63, 3.8) is 0 Å². The molecular formula is C8H6Cl2N2O2. The Balaban J connectivity index is 2.28. The van der Waals surface area contributed by atoms with E-state index in [1.807, 2.05) is 0 Å². The van der Waals surface area contributed by atoms with Gasteiger partial charge in [-0.05, 0) is 12.1 Å². The van der Waals surface area contributed by atoms with Gasteiger partial charge in [-0.15, -0.1) is 0 Å². The summed E-state index contributed by atoms with van der Waals surface area (Å²) in [6.07, 6.45) is -1.09. The summed E-state index contributed by atoms with van der Waals surface area (Å²) in [5.74, 6) is 0. The number of hydrogen-bond acceptors (Lipinski definition) is 3. The molecule has 1 unspecified atom stereocenters. The fraction of sp³-hybridized carbons (Fsp3) is 0.125. The van der Waals surface area contributed by atoms with Gasteiger partial charge in [0.05, 0.1) is 5.02 Å². The standard InChI is InChI=1S/C8H6Cl2N2O2/c9-4-1-2-5(6(10)3-4)7-11-12-8(13)14-7/h1-3,7,11H,(H,12,13). The van der Waals surface area contributed by atoms with Gasteiger partial charge in [-0.25, -0.2) is 4.79 Å². The highest BCUT2D eigenvalue weighted by atomic mass is 35.5. The molecule has 2 N–H and O–H groups in total. The summed E-state index contributed by atoms with van der Waals surface area (Å²) in [5, 5.41) is 0.988. The van der Waals surface area contributed by atoms with Crippen molar-refractivity contribution < 1.29 is 9.53 Å². The number of hydrogen-bond donors (Lipinski definition) is 2. The van der Waals surface area contributed by atoms with E-state index >= 15 is 0 Å². The van der Waals surface area contributed by atoms with E-state index in [0.717, 1.165) is 0 Å². The van der Waals surface area contributed by atoms with Crippen LogP contribution < -0.4 is 10.9 Å². The monoisotopic (exact) mass is 232 g/mol. The number of carbonyl (C=O) groups excluding carboxylic acids is 1. The van der Waals surface area contributed by atoms with Gasteiger partial charge in [-0.3, -0.25) is 5.43 Å². The molecule has 74 valence electrons.